The summed E-state index contributed by atoms with van der Waals surface area (Å²) in [6.45, 7) is 2.43. The molecule has 1 fully saturated rings. The van der Waals surface area contributed by atoms with Gasteiger partial charge in [0.1, 0.15) is 0 Å². The molecule has 3 rings (SSSR count). The summed E-state index contributed by atoms with van der Waals surface area (Å²) in [6.07, 6.45) is 3.96. The lowest BCUT2D eigenvalue weighted by molar-refractivity contribution is 0.871. The van der Waals surface area contributed by atoms with Gasteiger partial charge in [-0.3, -0.25) is 0 Å². The average Bonchev–Trinajstić information content (AvgIpc) is 3.00. The summed E-state index contributed by atoms with van der Waals surface area (Å²) in [5.74, 6) is 1.32. The zero-order chi connectivity index (χ0) is 13.8. The third kappa shape index (κ3) is 2.90. The van der Waals surface area contributed by atoms with Crippen molar-refractivity contribution in [3.8, 4) is 0 Å². The molecule has 0 spiro atoms. The second-order valence-corrected chi connectivity index (χ2v) is 4.58. The smallest absolute Gasteiger partial charge is 0.231 e. The normalized spacial score (nSPS) is 14.5. The number of hydrogen-bond donors (Lipinski definition) is 2. The number of nitrogen functional groups attached to an aromatic ring is 1. The van der Waals surface area contributed by atoms with E-state index in [4.69, 9.17) is 5.73 Å². The predicted molar refractivity (Wildman–Crippen MR) is 75.0 cm³/mol. The highest BCUT2D eigenvalue weighted by atomic mass is 15.3. The Kier molecular flexibility index (Phi) is 3.53. The SMILES string of the molecule is Nc1nc(NCc2cccnn2)nc(N2CCCC2)n1. The lowest BCUT2D eigenvalue weighted by Crippen LogP contribution is -2.22. The van der Waals surface area contributed by atoms with Crippen LogP contribution in [0, 0.1) is 0 Å². The predicted octanol–water partition coefficient (Wildman–Crippen LogP) is 0.456. The van der Waals surface area contributed by atoms with Gasteiger partial charge in [-0.25, -0.2) is 0 Å². The number of aromatic nitrogens is 5. The summed E-state index contributed by atoms with van der Waals surface area (Å²) in [7, 11) is 0. The van der Waals surface area contributed by atoms with E-state index in [0.29, 0.717) is 18.4 Å². The molecule has 0 amide bonds. The summed E-state index contributed by atoms with van der Waals surface area (Å²) < 4.78 is 0. The van der Waals surface area contributed by atoms with Crippen molar-refractivity contribution in [3.05, 3.63) is 24.0 Å². The first-order chi connectivity index (χ1) is 9.81. The van der Waals surface area contributed by atoms with Crippen LogP contribution in [0.15, 0.2) is 18.3 Å². The van der Waals surface area contributed by atoms with E-state index in [2.05, 4.69) is 35.4 Å². The zero-order valence-corrected chi connectivity index (χ0v) is 11.0. The van der Waals surface area contributed by atoms with Gasteiger partial charge >= 0.3 is 0 Å². The van der Waals surface area contributed by atoms with Gasteiger partial charge in [0.2, 0.25) is 17.8 Å². The Morgan fingerprint density at radius 1 is 1.20 bits per heavy atom. The molecule has 2 aromatic heterocycles. The molecule has 3 heterocycles. The van der Waals surface area contributed by atoms with Crippen LogP contribution in [0.3, 0.4) is 0 Å². The first-order valence-corrected chi connectivity index (χ1v) is 6.58. The lowest BCUT2D eigenvalue weighted by Gasteiger charge is -2.15. The lowest BCUT2D eigenvalue weighted by atomic mass is 10.4. The van der Waals surface area contributed by atoms with Gasteiger partial charge in [-0.1, -0.05) is 0 Å². The molecule has 0 bridgehead atoms. The topological polar surface area (TPSA) is 106 Å². The Bertz CT molecular complexity index is 567. The van der Waals surface area contributed by atoms with E-state index in [1.54, 1.807) is 6.20 Å². The summed E-state index contributed by atoms with van der Waals surface area (Å²) in [5.41, 5.74) is 6.55. The van der Waals surface area contributed by atoms with Gasteiger partial charge in [0.05, 0.1) is 12.2 Å². The van der Waals surface area contributed by atoms with Crippen LogP contribution in [0.5, 0.6) is 0 Å². The molecule has 2 aromatic rings. The highest BCUT2D eigenvalue weighted by Gasteiger charge is 2.16. The van der Waals surface area contributed by atoms with E-state index in [0.717, 1.165) is 31.6 Å². The molecule has 1 saturated heterocycles. The van der Waals surface area contributed by atoms with Crippen LogP contribution in [0.2, 0.25) is 0 Å². The Balaban J connectivity index is 1.72. The number of rotatable bonds is 4. The Morgan fingerprint density at radius 2 is 2.05 bits per heavy atom. The summed E-state index contributed by atoms with van der Waals surface area (Å²) >= 11 is 0. The Labute approximate surface area is 116 Å². The number of anilines is 3. The largest absolute Gasteiger partial charge is 0.368 e. The molecular weight excluding hydrogens is 256 g/mol. The monoisotopic (exact) mass is 272 g/mol. The third-order valence-electron chi connectivity index (χ3n) is 3.08. The highest BCUT2D eigenvalue weighted by Crippen LogP contribution is 2.17. The van der Waals surface area contributed by atoms with Crippen LogP contribution in [-0.4, -0.2) is 38.2 Å². The van der Waals surface area contributed by atoms with Crippen LogP contribution >= 0.6 is 0 Å². The van der Waals surface area contributed by atoms with Crippen LogP contribution in [0.4, 0.5) is 17.8 Å². The molecule has 0 radical (unpaired) electrons. The molecule has 0 unspecified atom stereocenters. The molecule has 0 saturated carbocycles. The van der Waals surface area contributed by atoms with Gasteiger partial charge in [0.25, 0.3) is 0 Å². The second kappa shape index (κ2) is 5.64. The average molecular weight is 272 g/mol. The molecule has 1 aliphatic rings. The van der Waals surface area contributed by atoms with Crippen molar-refractivity contribution in [2.45, 2.75) is 19.4 Å². The van der Waals surface area contributed by atoms with Crippen LogP contribution in [0.25, 0.3) is 0 Å². The molecule has 8 heteroatoms. The van der Waals surface area contributed by atoms with Crippen molar-refractivity contribution in [3.63, 3.8) is 0 Å². The van der Waals surface area contributed by atoms with Gasteiger partial charge in [0.15, 0.2) is 0 Å². The van der Waals surface area contributed by atoms with Gasteiger partial charge < -0.3 is 16.0 Å². The second-order valence-electron chi connectivity index (χ2n) is 4.58. The van der Waals surface area contributed by atoms with E-state index in [1.165, 1.54) is 0 Å². The van der Waals surface area contributed by atoms with Gasteiger partial charge in [-0.2, -0.15) is 25.1 Å². The third-order valence-corrected chi connectivity index (χ3v) is 3.08. The number of nitrogens with zero attached hydrogens (tertiary/aromatic N) is 6. The van der Waals surface area contributed by atoms with Gasteiger partial charge in [-0.05, 0) is 25.0 Å². The molecule has 0 aliphatic carbocycles. The van der Waals surface area contributed by atoms with Crippen molar-refractivity contribution < 1.29 is 0 Å². The van der Waals surface area contributed by atoms with E-state index < -0.39 is 0 Å². The van der Waals surface area contributed by atoms with Gasteiger partial charge in [-0.15, -0.1) is 0 Å². The van der Waals surface area contributed by atoms with Crippen molar-refractivity contribution in [1.82, 2.24) is 25.1 Å². The fraction of sp³-hybridized carbons (Fsp3) is 0.417. The number of nitrogens with one attached hydrogen (secondary N) is 1. The molecule has 3 N–H and O–H groups in total. The standard InChI is InChI=1S/C12H16N8/c13-10-16-11(14-8-9-4-3-5-15-19-9)18-12(17-10)20-6-1-2-7-20/h3-5H,1-2,6-8H2,(H3,13,14,16,17,18). The Hall–Kier alpha value is -2.51. The molecule has 1 aliphatic heterocycles. The summed E-state index contributed by atoms with van der Waals surface area (Å²) in [5, 5.41) is 10.9. The quantitative estimate of drug-likeness (QED) is 0.826. The van der Waals surface area contributed by atoms with Crippen LogP contribution in [-0.2, 0) is 6.54 Å². The van der Waals surface area contributed by atoms with Crippen molar-refractivity contribution >= 4 is 17.8 Å². The van der Waals surface area contributed by atoms with E-state index in [-0.39, 0.29) is 5.95 Å². The molecule has 104 valence electrons. The fourth-order valence-corrected chi connectivity index (χ4v) is 2.12. The minimum Gasteiger partial charge on any atom is -0.368 e. The molecule has 0 atom stereocenters. The minimum absolute atomic E-state index is 0.226. The first-order valence-electron chi connectivity index (χ1n) is 6.58. The number of hydrogen-bond acceptors (Lipinski definition) is 8. The highest BCUT2D eigenvalue weighted by molar-refractivity contribution is 5.42. The van der Waals surface area contributed by atoms with E-state index in [1.807, 2.05) is 12.1 Å². The molecule has 8 nitrogen and oxygen atoms in total. The zero-order valence-electron chi connectivity index (χ0n) is 11.0. The fourth-order valence-electron chi connectivity index (χ4n) is 2.12. The summed E-state index contributed by atoms with van der Waals surface area (Å²) in [6, 6.07) is 3.72. The first kappa shape index (κ1) is 12.5. The molecule has 20 heavy (non-hydrogen) atoms. The van der Waals surface area contributed by atoms with E-state index >= 15 is 0 Å². The maximum absolute atomic E-state index is 5.74. The molecule has 0 aromatic carbocycles. The summed E-state index contributed by atoms with van der Waals surface area (Å²) in [4.78, 5) is 14.8. The van der Waals surface area contributed by atoms with Crippen LogP contribution < -0.4 is 16.0 Å². The van der Waals surface area contributed by atoms with Gasteiger partial charge in [0, 0.05) is 19.3 Å². The molecular formula is C12H16N8. The van der Waals surface area contributed by atoms with E-state index in [9.17, 15) is 0 Å². The minimum atomic E-state index is 0.226. The van der Waals surface area contributed by atoms with Crippen molar-refractivity contribution in [1.29, 1.82) is 0 Å². The maximum Gasteiger partial charge on any atom is 0.231 e. The Morgan fingerprint density at radius 3 is 2.80 bits per heavy atom. The number of nitrogens with two attached hydrogens (primary N) is 1. The van der Waals surface area contributed by atoms with Crippen molar-refractivity contribution in [2.75, 3.05) is 29.0 Å². The van der Waals surface area contributed by atoms with Crippen LogP contribution in [0.1, 0.15) is 18.5 Å². The maximum atomic E-state index is 5.74. The van der Waals surface area contributed by atoms with Crippen molar-refractivity contribution in [2.24, 2.45) is 0 Å².